The number of ether oxygens (including phenoxy) is 2. The average Bonchev–Trinajstić information content (AvgIpc) is 2.81. The van der Waals surface area contributed by atoms with Crippen LogP contribution in [0.4, 0.5) is 0 Å². The normalized spacial score (nSPS) is 24.2. The van der Waals surface area contributed by atoms with Crippen molar-refractivity contribution in [3.63, 3.8) is 0 Å². The first-order valence-corrected chi connectivity index (χ1v) is 8.33. The van der Waals surface area contributed by atoms with Crippen molar-refractivity contribution in [1.29, 1.82) is 0 Å². The van der Waals surface area contributed by atoms with Crippen LogP contribution in [-0.4, -0.2) is 12.6 Å². The van der Waals surface area contributed by atoms with Gasteiger partial charge in [0.1, 0.15) is 12.2 Å². The van der Waals surface area contributed by atoms with Crippen molar-refractivity contribution >= 4 is 23.1 Å². The number of esters is 1. The van der Waals surface area contributed by atoms with Crippen LogP contribution in [0.1, 0.15) is 36.1 Å². The Kier molecular flexibility index (Phi) is 3.70. The topological polar surface area (TPSA) is 35.5 Å². The molecule has 2 aromatic carbocycles. The highest BCUT2D eigenvalue weighted by Gasteiger charge is 2.48. The first-order valence-electron chi connectivity index (χ1n) is 7.96. The lowest BCUT2D eigenvalue weighted by molar-refractivity contribution is -0.152. The fourth-order valence-corrected chi connectivity index (χ4v) is 3.75. The molecule has 2 aromatic rings. The standard InChI is InChI=1S/C20H17ClO3/c1-13(22)23-12-20-11-15(14-5-3-2-4-6-14)9-19(24-20)17-8-7-16(21)10-18(17)20/h2-8,10-11,19H,9,12H2,1H3/t19-,20-/m0/s1. The Balaban J connectivity index is 1.83. The van der Waals surface area contributed by atoms with Crippen molar-refractivity contribution in [1.82, 2.24) is 0 Å². The van der Waals surface area contributed by atoms with Crippen LogP contribution in [0, 0.1) is 0 Å². The van der Waals surface area contributed by atoms with Crippen LogP contribution < -0.4 is 0 Å². The third-order valence-corrected chi connectivity index (χ3v) is 4.85. The van der Waals surface area contributed by atoms with Crippen LogP contribution in [0.3, 0.4) is 0 Å². The summed E-state index contributed by atoms with van der Waals surface area (Å²) >= 11 is 6.21. The molecule has 0 radical (unpaired) electrons. The zero-order valence-corrected chi connectivity index (χ0v) is 14.0. The molecule has 2 aliphatic heterocycles. The van der Waals surface area contributed by atoms with E-state index in [1.165, 1.54) is 12.5 Å². The molecule has 0 aliphatic carbocycles. The molecule has 0 spiro atoms. The van der Waals surface area contributed by atoms with Gasteiger partial charge in [0.2, 0.25) is 0 Å². The summed E-state index contributed by atoms with van der Waals surface area (Å²) < 4.78 is 11.6. The molecule has 0 aromatic heterocycles. The smallest absolute Gasteiger partial charge is 0.302 e. The zero-order valence-electron chi connectivity index (χ0n) is 13.3. The Bertz CT molecular complexity index is 828. The number of rotatable bonds is 3. The van der Waals surface area contributed by atoms with Crippen LogP contribution in [-0.2, 0) is 19.9 Å². The van der Waals surface area contributed by atoms with Gasteiger partial charge in [-0.3, -0.25) is 4.79 Å². The molecule has 0 amide bonds. The van der Waals surface area contributed by atoms with Gasteiger partial charge in [0, 0.05) is 18.4 Å². The van der Waals surface area contributed by atoms with E-state index in [0.717, 1.165) is 23.1 Å². The van der Waals surface area contributed by atoms with Gasteiger partial charge in [0.25, 0.3) is 0 Å². The molecular formula is C20H17ClO3. The lowest BCUT2D eigenvalue weighted by atomic mass is 9.90. The fourth-order valence-electron chi connectivity index (χ4n) is 3.58. The Morgan fingerprint density at radius 2 is 2.08 bits per heavy atom. The first-order chi connectivity index (χ1) is 11.6. The van der Waals surface area contributed by atoms with Crippen LogP contribution in [0.5, 0.6) is 0 Å². The Morgan fingerprint density at radius 1 is 1.29 bits per heavy atom. The van der Waals surface area contributed by atoms with Crippen molar-refractivity contribution in [2.75, 3.05) is 6.61 Å². The lowest BCUT2D eigenvalue weighted by Gasteiger charge is -2.32. The number of carbonyl (C=O) groups excluding carboxylic acids is 1. The summed E-state index contributed by atoms with van der Waals surface area (Å²) in [6, 6.07) is 16.0. The van der Waals surface area contributed by atoms with Crippen molar-refractivity contribution in [3.05, 3.63) is 76.3 Å². The lowest BCUT2D eigenvalue weighted by Crippen LogP contribution is -2.32. The predicted octanol–water partition coefficient (Wildman–Crippen LogP) is 4.66. The van der Waals surface area contributed by atoms with E-state index in [9.17, 15) is 4.79 Å². The van der Waals surface area contributed by atoms with E-state index < -0.39 is 5.60 Å². The number of halogens is 1. The number of carbonyl (C=O) groups is 1. The Morgan fingerprint density at radius 3 is 2.83 bits per heavy atom. The largest absolute Gasteiger partial charge is 0.462 e. The van der Waals surface area contributed by atoms with Crippen molar-refractivity contribution in [3.8, 4) is 0 Å². The quantitative estimate of drug-likeness (QED) is 0.762. The molecule has 2 aliphatic rings. The van der Waals surface area contributed by atoms with E-state index >= 15 is 0 Å². The van der Waals surface area contributed by atoms with E-state index in [2.05, 4.69) is 18.2 Å². The minimum Gasteiger partial charge on any atom is -0.462 e. The average molecular weight is 341 g/mol. The summed E-state index contributed by atoms with van der Waals surface area (Å²) in [6.45, 7) is 1.56. The summed E-state index contributed by atoms with van der Waals surface area (Å²) in [4.78, 5) is 11.4. The molecule has 0 saturated carbocycles. The second-order valence-corrected chi connectivity index (χ2v) is 6.68. The third kappa shape index (κ3) is 2.54. The summed E-state index contributed by atoms with van der Waals surface area (Å²) in [5.41, 5.74) is 3.71. The van der Waals surface area contributed by atoms with E-state index in [1.807, 2.05) is 36.4 Å². The van der Waals surface area contributed by atoms with Gasteiger partial charge in [-0.2, -0.15) is 0 Å². The molecule has 0 N–H and O–H groups in total. The Hall–Kier alpha value is -2.10. The van der Waals surface area contributed by atoms with Gasteiger partial charge in [0.15, 0.2) is 0 Å². The summed E-state index contributed by atoms with van der Waals surface area (Å²) in [5.74, 6) is -0.319. The van der Waals surface area contributed by atoms with Crippen LogP contribution in [0.15, 0.2) is 54.6 Å². The number of fused-ring (bicyclic) bond motifs is 5. The van der Waals surface area contributed by atoms with Gasteiger partial charge in [-0.25, -0.2) is 0 Å². The molecule has 2 bridgehead atoms. The molecule has 4 heteroatoms. The molecule has 2 atom stereocenters. The van der Waals surface area contributed by atoms with Crippen molar-refractivity contribution < 1.29 is 14.3 Å². The van der Waals surface area contributed by atoms with E-state index in [-0.39, 0.29) is 18.7 Å². The third-order valence-electron chi connectivity index (χ3n) is 4.62. The monoisotopic (exact) mass is 340 g/mol. The second-order valence-electron chi connectivity index (χ2n) is 6.25. The van der Waals surface area contributed by atoms with Gasteiger partial charge in [0.05, 0.1) is 6.10 Å². The predicted molar refractivity (Wildman–Crippen MR) is 92.6 cm³/mol. The zero-order chi connectivity index (χ0) is 16.7. The van der Waals surface area contributed by atoms with Crippen LogP contribution >= 0.6 is 11.6 Å². The maximum Gasteiger partial charge on any atom is 0.302 e. The van der Waals surface area contributed by atoms with Crippen LogP contribution in [0.2, 0.25) is 5.02 Å². The van der Waals surface area contributed by atoms with Gasteiger partial charge >= 0.3 is 5.97 Å². The summed E-state index contributed by atoms with van der Waals surface area (Å²) in [7, 11) is 0. The van der Waals surface area contributed by atoms with Crippen molar-refractivity contribution in [2.45, 2.75) is 25.0 Å². The maximum atomic E-state index is 11.4. The SMILES string of the molecule is CC(=O)OC[C@]12C=C(c3ccccc3)C[C@H](O1)c1ccc(Cl)cc12. The molecular weight excluding hydrogens is 324 g/mol. The molecule has 122 valence electrons. The number of hydrogen-bond acceptors (Lipinski definition) is 3. The number of benzene rings is 2. The minimum atomic E-state index is -0.764. The Labute approximate surface area is 145 Å². The van der Waals surface area contributed by atoms with Gasteiger partial charge < -0.3 is 9.47 Å². The molecule has 0 fully saturated rings. The molecule has 0 saturated heterocycles. The maximum absolute atomic E-state index is 11.4. The second kappa shape index (κ2) is 5.76. The van der Waals surface area contributed by atoms with Crippen molar-refractivity contribution in [2.24, 2.45) is 0 Å². The molecule has 24 heavy (non-hydrogen) atoms. The highest BCUT2D eigenvalue weighted by Crippen LogP contribution is 2.53. The molecule has 2 heterocycles. The number of hydrogen-bond donors (Lipinski definition) is 0. The summed E-state index contributed by atoms with van der Waals surface area (Å²) in [5, 5.41) is 0.654. The summed E-state index contributed by atoms with van der Waals surface area (Å²) in [6.07, 6.45) is 2.83. The van der Waals surface area contributed by atoms with Gasteiger partial charge in [-0.15, -0.1) is 0 Å². The van der Waals surface area contributed by atoms with E-state index in [4.69, 9.17) is 21.1 Å². The first kappa shape index (κ1) is 15.4. The van der Waals surface area contributed by atoms with Gasteiger partial charge in [-0.1, -0.05) is 48.0 Å². The molecule has 4 rings (SSSR count). The highest BCUT2D eigenvalue weighted by atomic mass is 35.5. The molecule has 3 nitrogen and oxygen atoms in total. The fraction of sp³-hybridized carbons (Fsp3) is 0.250. The molecule has 0 unspecified atom stereocenters. The van der Waals surface area contributed by atoms with Gasteiger partial charge in [-0.05, 0) is 40.5 Å². The minimum absolute atomic E-state index is 0.0481. The van der Waals surface area contributed by atoms with Crippen LogP contribution in [0.25, 0.3) is 5.57 Å². The highest BCUT2D eigenvalue weighted by molar-refractivity contribution is 6.30. The van der Waals surface area contributed by atoms with E-state index in [0.29, 0.717) is 5.02 Å². The van der Waals surface area contributed by atoms with E-state index in [1.54, 1.807) is 0 Å².